The summed E-state index contributed by atoms with van der Waals surface area (Å²) in [7, 11) is 24.6. The molecule has 0 saturated carbocycles. The second kappa shape index (κ2) is 38.7. The van der Waals surface area contributed by atoms with Gasteiger partial charge in [-0.1, -0.05) is 6.92 Å². The van der Waals surface area contributed by atoms with Crippen LogP contribution in [-0.4, -0.2) is 211 Å². The Labute approximate surface area is 278 Å². The van der Waals surface area contributed by atoms with Crippen molar-refractivity contribution in [2.45, 2.75) is 33.3 Å². The highest BCUT2D eigenvalue weighted by Gasteiger charge is 2.04. The molecule has 0 saturated heterocycles. The summed E-state index contributed by atoms with van der Waals surface area (Å²) in [5.74, 6) is -3.57. The smallest absolute Gasteiger partial charge is 0.101 e. The van der Waals surface area contributed by atoms with E-state index >= 15 is 0 Å². The lowest BCUT2D eigenvalue weighted by Gasteiger charge is -2.21. The zero-order valence-corrected chi connectivity index (χ0v) is 31.3. The van der Waals surface area contributed by atoms with Crippen LogP contribution in [-0.2, 0) is 19.2 Å². The van der Waals surface area contributed by atoms with E-state index in [9.17, 15) is 9.90 Å². The first-order valence-corrected chi connectivity index (χ1v) is 14.3. The van der Waals surface area contributed by atoms with Crippen LogP contribution in [0.3, 0.4) is 0 Å². The monoisotopic (exact) mass is 682 g/mol. The summed E-state index contributed by atoms with van der Waals surface area (Å²) < 4.78 is 3.38. The van der Waals surface area contributed by atoms with Crippen molar-refractivity contribution in [1.29, 1.82) is 0 Å². The van der Waals surface area contributed by atoms with E-state index in [0.29, 0.717) is 0 Å². The minimum atomic E-state index is -1.40. The average molecular weight is 683 g/mol. The normalized spacial score (nSPS) is 10.7. The molecule has 0 aliphatic rings. The molecule has 0 aliphatic carbocycles. The number of quaternary nitrogens is 4. The lowest BCUT2D eigenvalue weighted by molar-refractivity contribution is -0.870. The highest BCUT2D eigenvalue weighted by atomic mass is 16.4. The molecule has 5 N–H and O–H groups in total. The molecule has 17 heteroatoms. The summed E-state index contributed by atoms with van der Waals surface area (Å²) in [6.07, 6.45) is -1.08. The van der Waals surface area contributed by atoms with E-state index in [4.69, 9.17) is 55.2 Å². The maximum absolute atomic E-state index is 9.57. The van der Waals surface area contributed by atoms with E-state index < -0.39 is 30.5 Å². The molecule has 0 heterocycles. The van der Waals surface area contributed by atoms with E-state index in [2.05, 4.69) is 84.6 Å². The fraction of sp³-hybridized carbons (Fsp3) is 0.862. The SMILES string of the molecule is CC(=O)[O-].CC(=O)[O-].CCC(O)C(=O)[O-].C[N+](C)(C)CCO.C[N+](C)(C)CCO.C[N+](C)(C)CCO.C[N+](C)(C)CCO.O=C[O-]. The van der Waals surface area contributed by atoms with Crippen LogP contribution in [0.4, 0.5) is 0 Å². The number of carbonyl (C=O) groups is 4. The van der Waals surface area contributed by atoms with Crippen LogP contribution in [0.25, 0.3) is 0 Å². The number of rotatable bonds is 10. The van der Waals surface area contributed by atoms with Crippen LogP contribution < -0.4 is 20.4 Å². The molecule has 46 heavy (non-hydrogen) atoms. The summed E-state index contributed by atoms with van der Waals surface area (Å²) in [5, 5.41) is 77.4. The molecule has 0 aromatic heterocycles. The van der Waals surface area contributed by atoms with Gasteiger partial charge in [0, 0.05) is 18.4 Å². The Bertz CT molecular complexity index is 586. The van der Waals surface area contributed by atoms with Gasteiger partial charge in [0.05, 0.1) is 123 Å². The second-order valence-corrected chi connectivity index (χ2v) is 13.3. The predicted octanol–water partition coefficient (Wildman–Crippen LogP) is -6.87. The van der Waals surface area contributed by atoms with Crippen LogP contribution in [0.5, 0.6) is 0 Å². The number of aliphatic hydroxyl groups excluding tert-OH is 5. The first-order valence-electron chi connectivity index (χ1n) is 14.3. The number of carboxylic acids is 3. The van der Waals surface area contributed by atoms with Crippen molar-refractivity contribution < 1.29 is 83.1 Å². The molecule has 0 aliphatic heterocycles. The number of carboxylic acid groups (broad SMARTS) is 4. The maximum Gasteiger partial charge on any atom is 0.101 e. The second-order valence-electron chi connectivity index (χ2n) is 13.3. The van der Waals surface area contributed by atoms with Gasteiger partial charge < -0.3 is 83.1 Å². The van der Waals surface area contributed by atoms with Gasteiger partial charge in [-0.15, -0.1) is 0 Å². The highest BCUT2D eigenvalue weighted by molar-refractivity contribution is 5.69. The number of likely N-dealkylation sites (N-methyl/N-ethyl adjacent to an activating group) is 4. The fourth-order valence-electron chi connectivity index (χ4n) is 1.37. The predicted molar refractivity (Wildman–Crippen MR) is 169 cm³/mol. The number of carbonyl (C=O) groups excluding carboxylic acids is 4. The number of hydrogen-bond donors (Lipinski definition) is 5. The zero-order chi connectivity index (χ0) is 39.4. The summed E-state index contributed by atoms with van der Waals surface area (Å²) in [6.45, 7) is 7.47. The first-order chi connectivity index (χ1) is 20.3. The van der Waals surface area contributed by atoms with Crippen molar-refractivity contribution in [1.82, 2.24) is 0 Å². The molecule has 17 nitrogen and oxygen atoms in total. The van der Waals surface area contributed by atoms with Gasteiger partial charge >= 0.3 is 0 Å². The zero-order valence-electron chi connectivity index (χ0n) is 31.3. The van der Waals surface area contributed by atoms with E-state index in [-0.39, 0.29) is 32.8 Å². The van der Waals surface area contributed by atoms with Crippen molar-refractivity contribution in [3.8, 4) is 0 Å². The Hall–Kier alpha value is -2.48. The molecular formula is C29H70N4O13. The quantitative estimate of drug-likeness (QED) is 0.106. The lowest BCUT2D eigenvalue weighted by Crippen LogP contribution is -2.36. The summed E-state index contributed by atoms with van der Waals surface area (Å²) in [5.41, 5.74) is 0. The molecule has 0 amide bonds. The summed E-state index contributed by atoms with van der Waals surface area (Å²) >= 11 is 0. The van der Waals surface area contributed by atoms with E-state index in [0.717, 1.165) is 58.0 Å². The van der Waals surface area contributed by atoms with Gasteiger partial charge in [-0.3, -0.25) is 0 Å². The van der Waals surface area contributed by atoms with Crippen LogP contribution in [0, 0.1) is 0 Å². The molecule has 0 spiro atoms. The molecule has 0 radical (unpaired) electrons. The van der Waals surface area contributed by atoms with Gasteiger partial charge in [-0.05, 0) is 20.3 Å². The number of hydrogen-bond acceptors (Lipinski definition) is 13. The standard InChI is InChI=1S/4C5H14NO.C4H8O3.2C2H4O2.CH2O2/c4*1-6(2,3)4-5-7;1-2-3(5)4(6)7;2*1-2(3)4;2-1-3/h4*7H,4-5H2,1-3H3;3,5H,2H2,1H3,(H,6,7);2*1H3,(H,3,4);1H,(H,2,3)/q4*+1;;;;/p-4. The molecule has 0 rings (SSSR count). The van der Waals surface area contributed by atoms with Crippen LogP contribution in [0.2, 0.25) is 0 Å². The largest absolute Gasteiger partial charge is 0.554 e. The van der Waals surface area contributed by atoms with Crippen molar-refractivity contribution >= 4 is 24.4 Å². The van der Waals surface area contributed by atoms with Gasteiger partial charge in [0.2, 0.25) is 0 Å². The van der Waals surface area contributed by atoms with E-state index in [1.54, 1.807) is 6.92 Å². The van der Waals surface area contributed by atoms with Gasteiger partial charge in [0.25, 0.3) is 0 Å². The summed E-state index contributed by atoms with van der Waals surface area (Å²) in [6, 6.07) is 0. The van der Waals surface area contributed by atoms with Crippen molar-refractivity contribution in [2.75, 3.05) is 137 Å². The van der Waals surface area contributed by atoms with E-state index in [1.165, 1.54) is 0 Å². The van der Waals surface area contributed by atoms with Gasteiger partial charge in [0.15, 0.2) is 0 Å². The van der Waals surface area contributed by atoms with Gasteiger partial charge in [-0.25, -0.2) is 0 Å². The minimum absolute atomic E-state index is 0.211. The molecule has 284 valence electrons. The third-order valence-electron chi connectivity index (χ3n) is 3.74. The number of nitrogens with zero attached hydrogens (tertiary/aromatic N) is 4. The van der Waals surface area contributed by atoms with Gasteiger partial charge in [-0.2, -0.15) is 0 Å². The minimum Gasteiger partial charge on any atom is -0.554 e. The molecule has 0 fully saturated rings. The molecule has 0 aromatic carbocycles. The van der Waals surface area contributed by atoms with Gasteiger partial charge in [0.1, 0.15) is 26.2 Å². The highest BCUT2D eigenvalue weighted by Crippen LogP contribution is 1.87. The van der Waals surface area contributed by atoms with Crippen molar-refractivity contribution in [3.05, 3.63) is 0 Å². The third-order valence-corrected chi connectivity index (χ3v) is 3.74. The van der Waals surface area contributed by atoms with Crippen molar-refractivity contribution in [2.24, 2.45) is 0 Å². The Balaban J connectivity index is -0.0000000607. The van der Waals surface area contributed by atoms with Crippen LogP contribution in [0.1, 0.15) is 27.2 Å². The summed E-state index contributed by atoms with van der Waals surface area (Å²) in [4.78, 5) is 35.6. The Kier molecular flexibility index (Phi) is 52.5. The molecular weight excluding hydrogens is 612 g/mol. The molecule has 1 atom stereocenters. The number of aliphatic carboxylic acids is 3. The lowest BCUT2D eigenvalue weighted by atomic mass is 10.3. The van der Waals surface area contributed by atoms with E-state index in [1.807, 2.05) is 0 Å². The molecule has 1 unspecified atom stereocenters. The topological polar surface area (TPSA) is 262 Å². The third kappa shape index (κ3) is 179. The Morgan fingerprint density at radius 2 is 0.696 bits per heavy atom. The average Bonchev–Trinajstić information content (AvgIpc) is 2.77. The fourth-order valence-corrected chi connectivity index (χ4v) is 1.37. The first kappa shape index (κ1) is 62.4. The molecule has 0 bridgehead atoms. The molecule has 0 aromatic rings. The Morgan fingerprint density at radius 3 is 0.696 bits per heavy atom. The Morgan fingerprint density at radius 1 is 0.565 bits per heavy atom. The van der Waals surface area contributed by atoms with Crippen LogP contribution >= 0.6 is 0 Å². The van der Waals surface area contributed by atoms with Crippen LogP contribution in [0.15, 0.2) is 0 Å². The maximum atomic E-state index is 9.57. The van der Waals surface area contributed by atoms with Crippen molar-refractivity contribution in [3.63, 3.8) is 0 Å². The number of aliphatic hydroxyl groups is 5.